The highest BCUT2D eigenvalue weighted by molar-refractivity contribution is 6.05. The number of nitrogens with zero attached hydrogens (tertiary/aromatic N) is 5. The van der Waals surface area contributed by atoms with E-state index in [2.05, 4.69) is 52.1 Å². The maximum atomic E-state index is 14.1. The third-order valence-electron chi connectivity index (χ3n) is 8.43. The first-order valence-corrected chi connectivity index (χ1v) is 13.7. The Labute approximate surface area is 212 Å². The Bertz CT molecular complexity index is 1300. The average molecular weight is 491 g/mol. The molecular formula is C28H38N6O2. The van der Waals surface area contributed by atoms with Crippen LogP contribution in [-0.2, 0) is 0 Å². The molecule has 3 aliphatic rings. The van der Waals surface area contributed by atoms with Crippen LogP contribution in [0.1, 0.15) is 58.4 Å². The molecule has 2 aliphatic carbocycles. The second kappa shape index (κ2) is 9.63. The number of rotatable bonds is 6. The third kappa shape index (κ3) is 4.57. The van der Waals surface area contributed by atoms with Crippen LogP contribution in [0.2, 0.25) is 0 Å². The number of aliphatic hydroxyl groups is 1. The van der Waals surface area contributed by atoms with Gasteiger partial charge in [0.1, 0.15) is 5.65 Å². The molecule has 1 aromatic carbocycles. The molecule has 1 saturated heterocycles. The Morgan fingerprint density at radius 2 is 1.75 bits per heavy atom. The standard InChI is InChI=1S/C28H38N6O2/c1-18(2)32-11-13-33(14-12-32)21-7-10-23-24(15-21)27(36)34(20-5-8-22(35)9-6-20)26-25(23)17-30-28(31-26)29-16-19-3-4-19/h7,10,15,17-20,22,35H,3-6,8-9,11-14,16H2,1-2H3,(H,29,30,31). The van der Waals surface area contributed by atoms with Crippen LogP contribution in [0, 0.1) is 5.92 Å². The first-order chi connectivity index (χ1) is 17.5. The normalized spacial score (nSPS) is 23.6. The third-order valence-corrected chi connectivity index (χ3v) is 8.43. The van der Waals surface area contributed by atoms with Crippen LogP contribution in [0.5, 0.6) is 0 Å². The fourth-order valence-electron chi connectivity index (χ4n) is 5.91. The van der Waals surface area contributed by atoms with Crippen molar-refractivity contribution in [3.8, 4) is 0 Å². The van der Waals surface area contributed by atoms with Crippen molar-refractivity contribution in [2.45, 2.75) is 70.6 Å². The van der Waals surface area contributed by atoms with Crippen molar-refractivity contribution in [3.63, 3.8) is 0 Å². The molecule has 1 aliphatic heterocycles. The highest BCUT2D eigenvalue weighted by Crippen LogP contribution is 2.33. The topological polar surface area (TPSA) is 86.5 Å². The molecule has 36 heavy (non-hydrogen) atoms. The zero-order valence-electron chi connectivity index (χ0n) is 21.5. The van der Waals surface area contributed by atoms with Crippen molar-refractivity contribution in [1.29, 1.82) is 0 Å². The number of anilines is 2. The summed E-state index contributed by atoms with van der Waals surface area (Å²) in [5, 5.41) is 16.1. The predicted molar refractivity (Wildman–Crippen MR) is 145 cm³/mol. The molecule has 0 atom stereocenters. The van der Waals surface area contributed by atoms with Gasteiger partial charge < -0.3 is 15.3 Å². The molecule has 2 aromatic heterocycles. The van der Waals surface area contributed by atoms with Gasteiger partial charge in [-0.05, 0) is 75.8 Å². The predicted octanol–water partition coefficient (Wildman–Crippen LogP) is 3.77. The molecule has 192 valence electrons. The lowest BCUT2D eigenvalue weighted by molar-refractivity contribution is 0.111. The van der Waals surface area contributed by atoms with Crippen molar-refractivity contribution >= 4 is 33.4 Å². The molecule has 0 amide bonds. The first kappa shape index (κ1) is 23.7. The van der Waals surface area contributed by atoms with Crippen LogP contribution in [0.25, 0.3) is 21.8 Å². The van der Waals surface area contributed by atoms with E-state index in [0.29, 0.717) is 36.4 Å². The molecule has 0 radical (unpaired) electrons. The number of hydrogen-bond donors (Lipinski definition) is 2. The zero-order chi connectivity index (χ0) is 24.8. The van der Waals surface area contributed by atoms with Crippen LogP contribution in [-0.4, -0.2) is 69.4 Å². The number of benzene rings is 1. The Kier molecular flexibility index (Phi) is 6.33. The maximum absolute atomic E-state index is 14.1. The lowest BCUT2D eigenvalue weighted by Crippen LogP contribution is -2.48. The molecule has 3 heterocycles. The summed E-state index contributed by atoms with van der Waals surface area (Å²) < 4.78 is 1.91. The lowest BCUT2D eigenvalue weighted by atomic mass is 9.92. The Hall–Kier alpha value is -2.71. The van der Waals surface area contributed by atoms with Gasteiger partial charge in [-0.1, -0.05) is 6.07 Å². The van der Waals surface area contributed by atoms with Gasteiger partial charge in [0, 0.05) is 62.1 Å². The van der Waals surface area contributed by atoms with Crippen LogP contribution >= 0.6 is 0 Å². The van der Waals surface area contributed by atoms with Gasteiger partial charge in [-0.2, -0.15) is 4.98 Å². The summed E-state index contributed by atoms with van der Waals surface area (Å²) in [6.45, 7) is 9.37. The van der Waals surface area contributed by atoms with Crippen LogP contribution in [0.3, 0.4) is 0 Å². The van der Waals surface area contributed by atoms with Crippen molar-refractivity contribution in [3.05, 3.63) is 34.7 Å². The fraction of sp³-hybridized carbons (Fsp3) is 0.607. The van der Waals surface area contributed by atoms with Crippen molar-refractivity contribution in [1.82, 2.24) is 19.4 Å². The quantitative estimate of drug-likeness (QED) is 0.509. The van der Waals surface area contributed by atoms with Crippen molar-refractivity contribution in [2.24, 2.45) is 5.92 Å². The SMILES string of the molecule is CC(C)N1CCN(c2ccc3c(c2)c(=O)n(C2CCC(O)CC2)c2nc(NCC4CC4)ncc32)CC1. The van der Waals surface area contributed by atoms with Gasteiger partial charge in [-0.25, -0.2) is 4.98 Å². The van der Waals surface area contributed by atoms with E-state index in [4.69, 9.17) is 4.98 Å². The van der Waals surface area contributed by atoms with Gasteiger partial charge in [-0.15, -0.1) is 0 Å². The highest BCUT2D eigenvalue weighted by atomic mass is 16.3. The summed E-state index contributed by atoms with van der Waals surface area (Å²) in [6.07, 6.45) is 7.13. The molecule has 0 bridgehead atoms. The lowest BCUT2D eigenvalue weighted by Gasteiger charge is -2.38. The van der Waals surface area contributed by atoms with Crippen molar-refractivity contribution < 1.29 is 5.11 Å². The Morgan fingerprint density at radius 1 is 1.00 bits per heavy atom. The molecule has 3 aromatic rings. The zero-order valence-corrected chi connectivity index (χ0v) is 21.5. The maximum Gasteiger partial charge on any atom is 0.260 e. The van der Waals surface area contributed by atoms with Gasteiger partial charge >= 0.3 is 0 Å². The molecule has 6 rings (SSSR count). The molecule has 8 nitrogen and oxygen atoms in total. The van der Waals surface area contributed by atoms with E-state index in [1.165, 1.54) is 12.8 Å². The number of fused-ring (bicyclic) bond motifs is 3. The molecule has 0 spiro atoms. The van der Waals surface area contributed by atoms with Gasteiger partial charge in [0.15, 0.2) is 0 Å². The largest absolute Gasteiger partial charge is 0.393 e. The second-order valence-electron chi connectivity index (χ2n) is 11.2. The second-order valence-corrected chi connectivity index (χ2v) is 11.2. The van der Waals surface area contributed by atoms with Gasteiger partial charge in [0.25, 0.3) is 5.56 Å². The summed E-state index contributed by atoms with van der Waals surface area (Å²) in [5.74, 6) is 1.31. The van der Waals surface area contributed by atoms with E-state index in [1.54, 1.807) is 0 Å². The van der Waals surface area contributed by atoms with Gasteiger partial charge in [-0.3, -0.25) is 14.3 Å². The molecule has 2 N–H and O–H groups in total. The minimum absolute atomic E-state index is 0.0217. The highest BCUT2D eigenvalue weighted by Gasteiger charge is 2.27. The molecule has 2 saturated carbocycles. The van der Waals surface area contributed by atoms with Crippen LogP contribution in [0.15, 0.2) is 29.2 Å². The van der Waals surface area contributed by atoms with Crippen LogP contribution in [0.4, 0.5) is 11.6 Å². The number of nitrogens with one attached hydrogen (secondary N) is 1. The minimum atomic E-state index is -0.273. The molecule has 8 heteroatoms. The van der Waals surface area contributed by atoms with Crippen molar-refractivity contribution in [2.75, 3.05) is 42.9 Å². The Balaban J connectivity index is 1.42. The van der Waals surface area contributed by atoms with E-state index in [9.17, 15) is 9.90 Å². The first-order valence-electron chi connectivity index (χ1n) is 13.7. The summed E-state index contributed by atoms with van der Waals surface area (Å²) >= 11 is 0. The monoisotopic (exact) mass is 490 g/mol. The van der Waals surface area contributed by atoms with E-state index < -0.39 is 0 Å². The number of aliphatic hydroxyl groups excluding tert-OH is 1. The van der Waals surface area contributed by atoms with E-state index >= 15 is 0 Å². The molecular weight excluding hydrogens is 452 g/mol. The van der Waals surface area contributed by atoms with Crippen LogP contribution < -0.4 is 15.8 Å². The summed E-state index contributed by atoms with van der Waals surface area (Å²) in [4.78, 5) is 28.5. The molecule has 0 unspecified atom stereocenters. The summed E-state index contributed by atoms with van der Waals surface area (Å²) in [7, 11) is 0. The van der Waals surface area contributed by atoms with Gasteiger partial charge in [0.05, 0.1) is 11.5 Å². The van der Waals surface area contributed by atoms with E-state index in [-0.39, 0.29) is 17.7 Å². The smallest absolute Gasteiger partial charge is 0.260 e. The van der Waals surface area contributed by atoms with E-state index in [0.717, 1.165) is 67.4 Å². The van der Waals surface area contributed by atoms with E-state index in [1.807, 2.05) is 10.8 Å². The number of hydrogen-bond acceptors (Lipinski definition) is 7. The Morgan fingerprint density at radius 3 is 2.44 bits per heavy atom. The number of aromatic nitrogens is 3. The average Bonchev–Trinajstić information content (AvgIpc) is 3.73. The number of piperazine rings is 1. The minimum Gasteiger partial charge on any atom is -0.393 e. The van der Waals surface area contributed by atoms with Gasteiger partial charge in [0.2, 0.25) is 5.95 Å². The summed E-state index contributed by atoms with van der Waals surface area (Å²) in [5.41, 5.74) is 1.84. The fourth-order valence-corrected chi connectivity index (χ4v) is 5.91. The molecule has 3 fully saturated rings. The summed E-state index contributed by atoms with van der Waals surface area (Å²) in [6, 6.07) is 6.90. The number of pyridine rings is 1.